The average molecular weight is 745 g/mol. The van der Waals surface area contributed by atoms with Crippen LogP contribution in [0.3, 0.4) is 0 Å². The molecule has 4 heterocycles. The molecule has 1 fully saturated rings. The highest BCUT2D eigenvalue weighted by Crippen LogP contribution is 2.47. The predicted octanol–water partition coefficient (Wildman–Crippen LogP) is 4.29. The summed E-state index contributed by atoms with van der Waals surface area (Å²) in [5, 5.41) is 2.72. The van der Waals surface area contributed by atoms with Crippen molar-refractivity contribution < 1.29 is 33.4 Å². The molecule has 15 heteroatoms. The van der Waals surface area contributed by atoms with Crippen LogP contribution in [0.1, 0.15) is 83.8 Å². The second-order valence-corrected chi connectivity index (χ2v) is 15.8. The lowest BCUT2D eigenvalue weighted by Crippen LogP contribution is -2.56. The monoisotopic (exact) mass is 744 g/mol. The van der Waals surface area contributed by atoms with Crippen molar-refractivity contribution >= 4 is 23.9 Å². The van der Waals surface area contributed by atoms with Crippen LogP contribution in [0.5, 0.6) is 11.5 Å². The summed E-state index contributed by atoms with van der Waals surface area (Å²) in [4.78, 5) is 81.9. The van der Waals surface area contributed by atoms with Crippen LogP contribution in [0, 0.1) is 5.92 Å². The van der Waals surface area contributed by atoms with E-state index in [1.807, 2.05) is 33.8 Å². The second-order valence-electron chi connectivity index (χ2n) is 15.8. The van der Waals surface area contributed by atoms with E-state index in [0.717, 1.165) is 10.1 Å². The Labute approximate surface area is 313 Å². The molecule has 0 spiro atoms. The van der Waals surface area contributed by atoms with Gasteiger partial charge in [-0.25, -0.2) is 33.1 Å². The van der Waals surface area contributed by atoms with E-state index in [1.54, 1.807) is 68.1 Å². The fraction of sp³-hybridized carbons (Fsp3) is 0.487. The highest BCUT2D eigenvalue weighted by Gasteiger charge is 2.44. The summed E-state index contributed by atoms with van der Waals surface area (Å²) in [6.45, 7) is 15.5. The SMILES string of the molecule is CC(=O)c1ccc(-n2c(=O)n3n(c2=O)C2C(=CC3)C(C)(C)Oc3cc(OC(=O)N4CCN(C(=O)[C@H](CC(C)C)NC(=O)OC(C)(C)C)CC4)ccc32)cc1. The van der Waals surface area contributed by atoms with Gasteiger partial charge in [0.2, 0.25) is 5.91 Å². The zero-order valence-electron chi connectivity index (χ0n) is 32.0. The van der Waals surface area contributed by atoms with Crippen molar-refractivity contribution in [3.63, 3.8) is 0 Å². The number of alkyl carbamates (subject to hydrolysis) is 1. The van der Waals surface area contributed by atoms with Crippen molar-refractivity contribution in [3.8, 4) is 17.2 Å². The number of piperazine rings is 1. The quantitative estimate of drug-likeness (QED) is 0.275. The number of allylic oxidation sites excluding steroid dienone is 1. The molecule has 288 valence electrons. The minimum Gasteiger partial charge on any atom is -0.483 e. The van der Waals surface area contributed by atoms with E-state index >= 15 is 0 Å². The lowest BCUT2D eigenvalue weighted by molar-refractivity contribution is -0.135. The van der Waals surface area contributed by atoms with Crippen molar-refractivity contribution in [2.45, 2.75) is 91.6 Å². The number of Topliss-reactive ketones (excluding diaryl/α,β-unsaturated/α-hetero) is 1. The van der Waals surface area contributed by atoms with Gasteiger partial charge in [0.05, 0.1) is 12.2 Å². The first kappa shape index (κ1) is 38.1. The zero-order valence-corrected chi connectivity index (χ0v) is 32.0. The number of ketones is 1. The number of nitrogens with zero attached hydrogens (tertiary/aromatic N) is 5. The van der Waals surface area contributed by atoms with E-state index in [4.69, 9.17) is 14.2 Å². The molecule has 1 aromatic heterocycles. The number of rotatable bonds is 7. The largest absolute Gasteiger partial charge is 0.483 e. The summed E-state index contributed by atoms with van der Waals surface area (Å²) in [7, 11) is 0. The fourth-order valence-electron chi connectivity index (χ4n) is 7.14. The van der Waals surface area contributed by atoms with Crippen molar-refractivity contribution in [1.29, 1.82) is 0 Å². The maximum atomic E-state index is 14.0. The first-order valence-corrected chi connectivity index (χ1v) is 18.2. The Hall–Kier alpha value is -5.60. The number of nitrogens with one attached hydrogen (secondary N) is 1. The summed E-state index contributed by atoms with van der Waals surface area (Å²) in [6, 6.07) is 9.83. The molecule has 0 radical (unpaired) electrons. The van der Waals surface area contributed by atoms with Crippen molar-refractivity contribution in [1.82, 2.24) is 29.0 Å². The minimum atomic E-state index is -0.874. The molecule has 54 heavy (non-hydrogen) atoms. The highest BCUT2D eigenvalue weighted by molar-refractivity contribution is 5.94. The standard InChI is InChI=1S/C39H48N6O9/c1-23(2)21-30(40-34(48)54-38(4,5)6)33(47)41-17-19-42(20-18-41)37(51)52-27-13-14-28-31(22-27)53-39(7,8)29-15-16-43-35(49)44(36(50)45(43)32(28)29)26-11-9-25(10-12-26)24(3)46/h9-15,22-23,30,32H,16-21H2,1-8H3,(H,40,48)/t30-,32?/m0/s1. The highest BCUT2D eigenvalue weighted by atomic mass is 16.6. The molecule has 15 nitrogen and oxygen atoms in total. The van der Waals surface area contributed by atoms with Crippen LogP contribution in [0.4, 0.5) is 9.59 Å². The number of hydrogen-bond donors (Lipinski definition) is 1. The number of ether oxygens (including phenoxy) is 3. The maximum absolute atomic E-state index is 14.0. The van der Waals surface area contributed by atoms with Gasteiger partial charge in [0, 0.05) is 43.4 Å². The van der Waals surface area contributed by atoms with E-state index in [0.29, 0.717) is 29.0 Å². The third kappa shape index (κ3) is 7.57. The molecule has 1 N–H and O–H groups in total. The molecular weight excluding hydrogens is 696 g/mol. The molecule has 0 bridgehead atoms. The molecular formula is C39H48N6O9. The normalized spacial score (nSPS) is 18.0. The summed E-state index contributed by atoms with van der Waals surface area (Å²) in [5.41, 5.74) is -0.412. The predicted molar refractivity (Wildman–Crippen MR) is 198 cm³/mol. The number of carbonyl (C=O) groups excluding carboxylic acids is 4. The average Bonchev–Trinajstić information content (AvgIpc) is 3.35. The third-order valence-electron chi connectivity index (χ3n) is 9.71. The second kappa shape index (κ2) is 14.3. The summed E-state index contributed by atoms with van der Waals surface area (Å²) < 4.78 is 21.5. The first-order valence-electron chi connectivity index (χ1n) is 18.2. The lowest BCUT2D eigenvalue weighted by Gasteiger charge is -2.42. The van der Waals surface area contributed by atoms with Crippen LogP contribution in [-0.2, 0) is 16.1 Å². The van der Waals surface area contributed by atoms with Crippen LogP contribution in [0.2, 0.25) is 0 Å². The van der Waals surface area contributed by atoms with E-state index in [-0.39, 0.29) is 56.1 Å². The molecule has 3 amide bonds. The van der Waals surface area contributed by atoms with Gasteiger partial charge in [0.25, 0.3) is 0 Å². The molecule has 0 saturated carbocycles. The molecule has 3 aliphatic heterocycles. The van der Waals surface area contributed by atoms with Crippen molar-refractivity contribution in [2.24, 2.45) is 5.92 Å². The minimum absolute atomic E-state index is 0.127. The van der Waals surface area contributed by atoms with Gasteiger partial charge in [-0.05, 0) is 95.9 Å². The van der Waals surface area contributed by atoms with Crippen LogP contribution >= 0.6 is 0 Å². The van der Waals surface area contributed by atoms with Gasteiger partial charge in [-0.1, -0.05) is 19.9 Å². The van der Waals surface area contributed by atoms with Crippen LogP contribution in [-0.4, -0.2) is 91.0 Å². The van der Waals surface area contributed by atoms with Crippen LogP contribution in [0.25, 0.3) is 5.69 Å². The van der Waals surface area contributed by atoms with Crippen molar-refractivity contribution in [3.05, 3.63) is 86.2 Å². The Kier molecular flexibility index (Phi) is 10.1. The Morgan fingerprint density at radius 1 is 0.944 bits per heavy atom. The van der Waals surface area contributed by atoms with Gasteiger partial charge in [0.1, 0.15) is 34.8 Å². The smallest absolute Gasteiger partial charge is 0.415 e. The van der Waals surface area contributed by atoms with Gasteiger partial charge >= 0.3 is 23.6 Å². The molecule has 2 aromatic carbocycles. The molecule has 6 rings (SSSR count). The maximum Gasteiger partial charge on any atom is 0.415 e. The van der Waals surface area contributed by atoms with Gasteiger partial charge in [-0.15, -0.1) is 0 Å². The Morgan fingerprint density at radius 3 is 2.20 bits per heavy atom. The van der Waals surface area contributed by atoms with E-state index < -0.39 is 46.9 Å². The van der Waals surface area contributed by atoms with Gasteiger partial charge in [0.15, 0.2) is 5.78 Å². The summed E-state index contributed by atoms with van der Waals surface area (Å²) in [5.74, 6) is 0.392. The number of aromatic nitrogens is 3. The molecule has 1 unspecified atom stereocenters. The molecule has 1 saturated heterocycles. The van der Waals surface area contributed by atoms with Gasteiger partial charge in [-0.2, -0.15) is 0 Å². The first-order chi connectivity index (χ1) is 25.3. The molecule has 3 aromatic rings. The Balaban J connectivity index is 1.17. The number of benzene rings is 2. The van der Waals surface area contributed by atoms with Crippen molar-refractivity contribution in [2.75, 3.05) is 26.2 Å². The molecule has 2 atom stereocenters. The fourth-order valence-corrected chi connectivity index (χ4v) is 7.14. The van der Waals surface area contributed by atoms with E-state index in [1.165, 1.54) is 21.2 Å². The zero-order chi connectivity index (χ0) is 39.3. The topological polar surface area (TPSA) is 163 Å². The van der Waals surface area contributed by atoms with Gasteiger partial charge in [-0.3, -0.25) is 9.59 Å². The number of fused-ring (bicyclic) bond motifs is 5. The Morgan fingerprint density at radius 2 is 1.59 bits per heavy atom. The van der Waals surface area contributed by atoms with Crippen LogP contribution < -0.4 is 26.2 Å². The van der Waals surface area contributed by atoms with E-state index in [9.17, 15) is 28.8 Å². The number of carbonyl (C=O) groups is 4. The molecule has 3 aliphatic rings. The molecule has 0 aliphatic carbocycles. The summed E-state index contributed by atoms with van der Waals surface area (Å²) in [6.07, 6.45) is 1.08. The van der Waals surface area contributed by atoms with Crippen LogP contribution in [0.15, 0.2) is 63.7 Å². The lowest BCUT2D eigenvalue weighted by atomic mass is 9.83. The number of hydrogen-bond acceptors (Lipinski definition) is 9. The third-order valence-corrected chi connectivity index (χ3v) is 9.71. The Bertz CT molecular complexity index is 2130. The summed E-state index contributed by atoms with van der Waals surface area (Å²) >= 11 is 0. The van der Waals surface area contributed by atoms with E-state index in [2.05, 4.69) is 5.32 Å². The van der Waals surface area contributed by atoms with Gasteiger partial charge < -0.3 is 29.3 Å². The number of amides is 3.